The Labute approximate surface area is 133 Å². The summed E-state index contributed by atoms with van der Waals surface area (Å²) in [5.74, 6) is -0.901. The number of thiazole rings is 1. The second kappa shape index (κ2) is 7.40. The van der Waals surface area contributed by atoms with Gasteiger partial charge < -0.3 is 10.6 Å². The molecule has 9 heteroatoms. The highest BCUT2D eigenvalue weighted by Crippen LogP contribution is 2.34. The van der Waals surface area contributed by atoms with E-state index in [2.05, 4.69) is 15.6 Å². The predicted molar refractivity (Wildman–Crippen MR) is 79.0 cm³/mol. The molecule has 0 unspecified atom stereocenters. The molecule has 0 saturated heterocycles. The third-order valence-electron chi connectivity index (χ3n) is 2.79. The number of rotatable bonds is 6. The van der Waals surface area contributed by atoms with Crippen LogP contribution in [-0.4, -0.2) is 24.0 Å². The van der Waals surface area contributed by atoms with Crippen molar-refractivity contribution in [1.29, 1.82) is 0 Å². The number of carbonyl (C=O) groups excluding carboxylic acids is 1. The predicted octanol–water partition coefficient (Wildman–Crippen LogP) is 3.53. The Morgan fingerprint density at radius 3 is 2.70 bits per heavy atom. The third-order valence-corrected chi connectivity index (χ3v) is 3.79. The van der Waals surface area contributed by atoms with E-state index in [4.69, 9.17) is 0 Å². The van der Waals surface area contributed by atoms with Gasteiger partial charge in [0.15, 0.2) is 5.13 Å². The molecule has 0 saturated carbocycles. The van der Waals surface area contributed by atoms with Crippen LogP contribution in [-0.2, 0) is 6.18 Å². The van der Waals surface area contributed by atoms with Gasteiger partial charge in [0.1, 0.15) is 10.7 Å². The molecule has 0 bridgehead atoms. The van der Waals surface area contributed by atoms with E-state index in [-0.39, 0.29) is 10.7 Å². The van der Waals surface area contributed by atoms with Crippen LogP contribution in [0.3, 0.4) is 0 Å². The number of halogens is 4. The third kappa shape index (κ3) is 5.20. The lowest BCUT2D eigenvalue weighted by atomic mass is 10.2. The van der Waals surface area contributed by atoms with Crippen LogP contribution in [0.2, 0.25) is 0 Å². The van der Waals surface area contributed by atoms with Gasteiger partial charge in [-0.1, -0.05) is 17.4 Å². The zero-order valence-electron chi connectivity index (χ0n) is 11.8. The number of anilines is 1. The van der Waals surface area contributed by atoms with E-state index < -0.39 is 22.8 Å². The normalized spacial score (nSPS) is 11.3. The maximum absolute atomic E-state index is 13.0. The minimum Gasteiger partial charge on any atom is -0.361 e. The molecule has 0 fully saturated rings. The minimum absolute atomic E-state index is 0.175. The van der Waals surface area contributed by atoms with Crippen LogP contribution in [0.15, 0.2) is 30.5 Å². The summed E-state index contributed by atoms with van der Waals surface area (Å²) in [6, 6.07) is 5.29. The van der Waals surface area contributed by atoms with Crippen LogP contribution in [0.25, 0.3) is 0 Å². The lowest BCUT2D eigenvalue weighted by molar-refractivity contribution is -0.134. The second-order valence-electron chi connectivity index (χ2n) is 4.57. The Morgan fingerprint density at radius 2 is 2.04 bits per heavy atom. The summed E-state index contributed by atoms with van der Waals surface area (Å²) in [5, 5.41) is 5.53. The van der Waals surface area contributed by atoms with Crippen LogP contribution < -0.4 is 10.6 Å². The number of amides is 1. The van der Waals surface area contributed by atoms with Crippen molar-refractivity contribution < 1.29 is 22.4 Å². The van der Waals surface area contributed by atoms with Crippen molar-refractivity contribution in [3.05, 3.63) is 46.7 Å². The summed E-state index contributed by atoms with van der Waals surface area (Å²) in [5.41, 5.74) is 0.215. The highest BCUT2D eigenvalue weighted by Gasteiger charge is 2.33. The summed E-state index contributed by atoms with van der Waals surface area (Å²) < 4.78 is 50.1. The number of aromatic nitrogens is 1. The first-order valence-corrected chi connectivity index (χ1v) is 7.48. The Bertz CT molecular complexity index is 672. The first-order chi connectivity index (χ1) is 10.9. The van der Waals surface area contributed by atoms with Gasteiger partial charge in [0.2, 0.25) is 0 Å². The van der Waals surface area contributed by atoms with Gasteiger partial charge in [-0.2, -0.15) is 13.2 Å². The van der Waals surface area contributed by atoms with E-state index in [1.807, 2.05) is 0 Å². The van der Waals surface area contributed by atoms with Crippen molar-refractivity contribution in [2.45, 2.75) is 12.6 Å². The molecule has 0 aliphatic heterocycles. The Morgan fingerprint density at radius 1 is 1.26 bits per heavy atom. The van der Waals surface area contributed by atoms with Crippen LogP contribution in [0.4, 0.5) is 22.7 Å². The SMILES string of the molecule is O=C(NCCCNc1ncc(C(F)(F)F)s1)c1cccc(F)c1. The van der Waals surface area contributed by atoms with E-state index in [0.717, 1.165) is 12.3 Å². The number of nitrogens with zero attached hydrogens (tertiary/aromatic N) is 1. The number of nitrogens with one attached hydrogen (secondary N) is 2. The van der Waals surface area contributed by atoms with Crippen LogP contribution in [0.5, 0.6) is 0 Å². The monoisotopic (exact) mass is 347 g/mol. The van der Waals surface area contributed by atoms with Gasteiger partial charge in [-0.15, -0.1) is 0 Å². The van der Waals surface area contributed by atoms with Gasteiger partial charge in [0.05, 0.1) is 6.20 Å². The molecule has 23 heavy (non-hydrogen) atoms. The van der Waals surface area contributed by atoms with E-state index in [9.17, 15) is 22.4 Å². The lowest BCUT2D eigenvalue weighted by Gasteiger charge is -2.06. The molecule has 0 atom stereocenters. The number of alkyl halides is 3. The first-order valence-electron chi connectivity index (χ1n) is 6.67. The molecule has 0 radical (unpaired) electrons. The Balaban J connectivity index is 1.70. The quantitative estimate of drug-likeness (QED) is 0.621. The minimum atomic E-state index is -4.39. The van der Waals surface area contributed by atoms with Gasteiger partial charge in [0, 0.05) is 18.7 Å². The lowest BCUT2D eigenvalue weighted by Crippen LogP contribution is -2.25. The first kappa shape index (κ1) is 17.2. The summed E-state index contributed by atoms with van der Waals surface area (Å²) in [7, 11) is 0. The van der Waals surface area contributed by atoms with Gasteiger partial charge >= 0.3 is 6.18 Å². The molecular weight excluding hydrogens is 334 g/mol. The van der Waals surface area contributed by atoms with Crippen LogP contribution in [0, 0.1) is 5.82 Å². The average Bonchev–Trinajstić information content (AvgIpc) is 2.95. The number of hydrogen-bond donors (Lipinski definition) is 2. The molecule has 1 heterocycles. The standard InChI is InChI=1S/C14H13F4N3OS/c15-10-4-1-3-9(7-10)12(22)19-5-2-6-20-13-21-8-11(23-13)14(16,17)18/h1,3-4,7-8H,2,5-6H2,(H,19,22)(H,20,21). The molecule has 2 N–H and O–H groups in total. The van der Waals surface area contributed by atoms with E-state index in [0.29, 0.717) is 30.8 Å². The summed E-state index contributed by atoms with van der Waals surface area (Å²) >= 11 is 0.526. The summed E-state index contributed by atoms with van der Waals surface area (Å²) in [6.45, 7) is 0.661. The highest BCUT2D eigenvalue weighted by molar-refractivity contribution is 7.15. The maximum atomic E-state index is 13.0. The molecule has 2 rings (SSSR count). The van der Waals surface area contributed by atoms with Gasteiger partial charge in [-0.25, -0.2) is 9.37 Å². The molecule has 0 aliphatic rings. The maximum Gasteiger partial charge on any atom is 0.427 e. The van der Waals surface area contributed by atoms with E-state index >= 15 is 0 Å². The van der Waals surface area contributed by atoms with E-state index in [1.165, 1.54) is 18.2 Å². The fourth-order valence-corrected chi connectivity index (χ4v) is 2.41. The van der Waals surface area contributed by atoms with E-state index in [1.54, 1.807) is 0 Å². The Kier molecular flexibility index (Phi) is 5.54. The molecule has 4 nitrogen and oxygen atoms in total. The van der Waals surface area contributed by atoms with Crippen molar-refractivity contribution in [3.63, 3.8) is 0 Å². The summed E-state index contributed by atoms with van der Waals surface area (Å²) in [6.07, 6.45) is -3.13. The molecule has 2 aromatic rings. The zero-order valence-corrected chi connectivity index (χ0v) is 12.6. The number of hydrogen-bond acceptors (Lipinski definition) is 4. The Hall–Kier alpha value is -2.16. The molecule has 1 aromatic carbocycles. The van der Waals surface area contributed by atoms with Crippen molar-refractivity contribution >= 4 is 22.4 Å². The molecule has 0 aliphatic carbocycles. The van der Waals surface area contributed by atoms with Crippen LogP contribution in [0.1, 0.15) is 21.7 Å². The van der Waals surface area contributed by atoms with Crippen molar-refractivity contribution in [2.75, 3.05) is 18.4 Å². The molecule has 1 aromatic heterocycles. The van der Waals surface area contributed by atoms with Gasteiger partial charge in [-0.3, -0.25) is 4.79 Å². The smallest absolute Gasteiger partial charge is 0.361 e. The molecule has 1 amide bonds. The summed E-state index contributed by atoms with van der Waals surface area (Å²) in [4.78, 5) is 14.6. The zero-order chi connectivity index (χ0) is 16.9. The topological polar surface area (TPSA) is 54.0 Å². The van der Waals surface area contributed by atoms with Crippen molar-refractivity contribution in [3.8, 4) is 0 Å². The van der Waals surface area contributed by atoms with Crippen molar-refractivity contribution in [1.82, 2.24) is 10.3 Å². The highest BCUT2D eigenvalue weighted by atomic mass is 32.1. The van der Waals surface area contributed by atoms with Crippen molar-refractivity contribution in [2.24, 2.45) is 0 Å². The van der Waals surface area contributed by atoms with Crippen LogP contribution >= 0.6 is 11.3 Å². The van der Waals surface area contributed by atoms with Gasteiger partial charge in [-0.05, 0) is 24.6 Å². The fraction of sp³-hybridized carbons (Fsp3) is 0.286. The molecular formula is C14H13F4N3OS. The van der Waals surface area contributed by atoms with Gasteiger partial charge in [0.25, 0.3) is 5.91 Å². The largest absolute Gasteiger partial charge is 0.427 e. The molecule has 124 valence electrons. The molecule has 0 spiro atoms. The fourth-order valence-electron chi connectivity index (χ4n) is 1.70. The number of carbonyl (C=O) groups is 1. The average molecular weight is 347 g/mol. The second-order valence-corrected chi connectivity index (χ2v) is 5.60. The number of benzene rings is 1.